The van der Waals surface area contributed by atoms with Gasteiger partial charge in [0.05, 0.1) is 19.4 Å². The van der Waals surface area contributed by atoms with Gasteiger partial charge in [0.25, 0.3) is 0 Å². The lowest BCUT2D eigenvalue weighted by Crippen LogP contribution is -2.21. The van der Waals surface area contributed by atoms with Gasteiger partial charge in [-0.25, -0.2) is 8.42 Å². The van der Waals surface area contributed by atoms with E-state index < -0.39 is 10.0 Å². The van der Waals surface area contributed by atoms with Crippen molar-refractivity contribution in [2.24, 2.45) is 17.8 Å². The van der Waals surface area contributed by atoms with E-state index in [2.05, 4.69) is 15.0 Å². The normalized spacial score (nSPS) is 23.3. The zero-order valence-corrected chi connectivity index (χ0v) is 17.8. The minimum Gasteiger partial charge on any atom is -0.496 e. The lowest BCUT2D eigenvalue weighted by molar-refractivity contribution is 0.325. The highest BCUT2D eigenvalue weighted by molar-refractivity contribution is 7.92. The first-order chi connectivity index (χ1) is 14.5. The highest BCUT2D eigenvalue weighted by Crippen LogP contribution is 2.49. The predicted molar refractivity (Wildman–Crippen MR) is 113 cm³/mol. The van der Waals surface area contributed by atoms with E-state index in [-0.39, 0.29) is 11.6 Å². The molecule has 9 heteroatoms. The van der Waals surface area contributed by atoms with Crippen LogP contribution in [0.3, 0.4) is 0 Å². The van der Waals surface area contributed by atoms with Crippen LogP contribution in [0, 0.1) is 17.8 Å². The van der Waals surface area contributed by atoms with Crippen molar-refractivity contribution in [2.75, 3.05) is 17.6 Å². The van der Waals surface area contributed by atoms with Crippen molar-refractivity contribution in [3.8, 4) is 5.75 Å². The number of sulfonamides is 1. The van der Waals surface area contributed by atoms with Gasteiger partial charge in [0.2, 0.25) is 10.0 Å². The zero-order chi connectivity index (χ0) is 20.7. The Morgan fingerprint density at radius 2 is 2.20 bits per heavy atom. The molecule has 0 amide bonds. The summed E-state index contributed by atoms with van der Waals surface area (Å²) in [5.74, 6) is 2.87. The van der Waals surface area contributed by atoms with Gasteiger partial charge >= 0.3 is 0 Å². The molecule has 3 atom stereocenters. The largest absolute Gasteiger partial charge is 0.496 e. The molecule has 1 N–H and O–H groups in total. The quantitative estimate of drug-likeness (QED) is 0.586. The second-order valence-corrected chi connectivity index (χ2v) is 10.4. The highest BCUT2D eigenvalue weighted by atomic mass is 32.2. The average Bonchev–Trinajstić information content (AvgIpc) is 3.51. The predicted octanol–water partition coefficient (Wildman–Crippen LogP) is 3.65. The zero-order valence-electron chi connectivity index (χ0n) is 17.0. The molecule has 5 rings (SSSR count). The SMILES string of the molecule is COc1cc(Cn2cccn2)cc2onc(NS(=O)(=O)CCC3CC4CCC3C4)c12. The maximum atomic E-state index is 12.7. The van der Waals surface area contributed by atoms with Gasteiger partial charge in [-0.1, -0.05) is 11.6 Å². The van der Waals surface area contributed by atoms with E-state index in [4.69, 9.17) is 9.26 Å². The van der Waals surface area contributed by atoms with E-state index in [9.17, 15) is 8.42 Å². The Bertz CT molecular complexity index is 1140. The Balaban J connectivity index is 1.33. The maximum absolute atomic E-state index is 12.7. The summed E-state index contributed by atoms with van der Waals surface area (Å²) < 4.78 is 40.8. The Labute approximate surface area is 175 Å². The molecular formula is C21H26N4O4S. The van der Waals surface area contributed by atoms with Gasteiger partial charge < -0.3 is 9.26 Å². The summed E-state index contributed by atoms with van der Waals surface area (Å²) in [5, 5.41) is 8.72. The van der Waals surface area contributed by atoms with Gasteiger partial charge in [-0.3, -0.25) is 9.40 Å². The van der Waals surface area contributed by atoms with Gasteiger partial charge in [0, 0.05) is 12.4 Å². The fraction of sp³-hybridized carbons (Fsp3) is 0.524. The summed E-state index contributed by atoms with van der Waals surface area (Å²) in [6, 6.07) is 5.54. The van der Waals surface area contributed by atoms with Gasteiger partial charge in [-0.15, -0.1) is 0 Å². The number of nitrogens with one attached hydrogen (secondary N) is 1. The molecular weight excluding hydrogens is 404 g/mol. The molecule has 2 aliphatic rings. The van der Waals surface area contributed by atoms with Crippen LogP contribution in [0.2, 0.25) is 0 Å². The first-order valence-corrected chi connectivity index (χ1v) is 12.1. The number of hydrogen-bond acceptors (Lipinski definition) is 6. The van der Waals surface area contributed by atoms with Crippen LogP contribution in [0.1, 0.15) is 37.7 Å². The summed E-state index contributed by atoms with van der Waals surface area (Å²) in [7, 11) is -1.97. The van der Waals surface area contributed by atoms with Crippen LogP contribution in [0.4, 0.5) is 5.82 Å². The van der Waals surface area contributed by atoms with Crippen molar-refractivity contribution in [2.45, 2.75) is 38.6 Å². The second-order valence-electron chi connectivity index (χ2n) is 8.55. The van der Waals surface area contributed by atoms with Crippen LogP contribution in [0.25, 0.3) is 11.0 Å². The topological polar surface area (TPSA) is 99.2 Å². The maximum Gasteiger partial charge on any atom is 0.233 e. The summed E-state index contributed by atoms with van der Waals surface area (Å²) in [6.07, 6.45) is 9.33. The first-order valence-electron chi connectivity index (χ1n) is 10.4. The number of aromatic nitrogens is 3. The third kappa shape index (κ3) is 3.78. The molecule has 0 spiro atoms. The lowest BCUT2D eigenvalue weighted by Gasteiger charge is -2.21. The van der Waals surface area contributed by atoms with E-state index in [0.29, 0.717) is 41.5 Å². The molecule has 0 aliphatic heterocycles. The number of rotatable bonds is 8. The molecule has 2 fully saturated rings. The van der Waals surface area contributed by atoms with Gasteiger partial charge in [0.1, 0.15) is 11.1 Å². The van der Waals surface area contributed by atoms with Crippen molar-refractivity contribution >= 4 is 26.8 Å². The molecule has 3 unspecified atom stereocenters. The average molecular weight is 431 g/mol. The molecule has 2 heterocycles. The van der Waals surface area contributed by atoms with Gasteiger partial charge in [-0.2, -0.15) is 5.10 Å². The number of ether oxygens (including phenoxy) is 1. The van der Waals surface area contributed by atoms with Crippen molar-refractivity contribution < 1.29 is 17.7 Å². The molecule has 2 aliphatic carbocycles. The second kappa shape index (κ2) is 7.61. The Hall–Kier alpha value is -2.55. The van der Waals surface area contributed by atoms with Crippen LogP contribution in [0.5, 0.6) is 5.75 Å². The first kappa shape index (κ1) is 19.4. The number of fused-ring (bicyclic) bond motifs is 3. The van der Waals surface area contributed by atoms with Crippen molar-refractivity contribution in [3.63, 3.8) is 0 Å². The van der Waals surface area contributed by atoms with E-state index >= 15 is 0 Å². The number of hydrogen-bond donors (Lipinski definition) is 1. The number of benzene rings is 1. The standard InChI is InChI=1S/C21H26N4O4S/c1-28-18-11-15(13-25-7-2-6-22-25)12-19-20(18)21(23-29-19)24-30(26,27)8-5-17-10-14-3-4-16(17)9-14/h2,6-7,11-12,14,16-17H,3-5,8-10,13H2,1H3,(H,23,24). The molecule has 2 saturated carbocycles. The van der Waals surface area contributed by atoms with Crippen LogP contribution in [0.15, 0.2) is 35.1 Å². The highest BCUT2D eigenvalue weighted by Gasteiger charge is 2.39. The Morgan fingerprint density at radius 3 is 2.90 bits per heavy atom. The van der Waals surface area contributed by atoms with E-state index in [0.717, 1.165) is 11.5 Å². The number of nitrogens with zero attached hydrogens (tertiary/aromatic N) is 3. The van der Waals surface area contributed by atoms with Crippen LogP contribution < -0.4 is 9.46 Å². The van der Waals surface area contributed by atoms with Gasteiger partial charge in [0.15, 0.2) is 11.4 Å². The Kier molecular flexibility index (Phi) is 4.92. The molecule has 3 aromatic rings. The van der Waals surface area contributed by atoms with Crippen LogP contribution in [-0.2, 0) is 16.6 Å². The smallest absolute Gasteiger partial charge is 0.233 e. The van der Waals surface area contributed by atoms with Crippen molar-refractivity contribution in [1.82, 2.24) is 14.9 Å². The van der Waals surface area contributed by atoms with Crippen molar-refractivity contribution in [1.29, 1.82) is 0 Å². The third-order valence-corrected chi connectivity index (χ3v) is 7.89. The number of anilines is 1. The number of methoxy groups -OCH3 is 1. The summed E-state index contributed by atoms with van der Waals surface area (Å²) in [6.45, 7) is 0.546. The molecule has 2 aromatic heterocycles. The molecule has 2 bridgehead atoms. The lowest BCUT2D eigenvalue weighted by atomic mass is 9.87. The molecule has 1 aromatic carbocycles. The van der Waals surface area contributed by atoms with Crippen molar-refractivity contribution in [3.05, 3.63) is 36.2 Å². The van der Waals surface area contributed by atoms with Crippen LogP contribution in [-0.4, -0.2) is 36.2 Å². The van der Waals surface area contributed by atoms with E-state index in [1.807, 2.05) is 24.4 Å². The molecule has 30 heavy (non-hydrogen) atoms. The summed E-state index contributed by atoms with van der Waals surface area (Å²) in [5.41, 5.74) is 1.40. The monoisotopic (exact) mass is 430 g/mol. The summed E-state index contributed by atoms with van der Waals surface area (Å²) >= 11 is 0. The minimum absolute atomic E-state index is 0.106. The minimum atomic E-state index is -3.52. The molecule has 160 valence electrons. The Morgan fingerprint density at radius 1 is 1.30 bits per heavy atom. The van der Waals surface area contributed by atoms with Gasteiger partial charge in [-0.05, 0) is 67.2 Å². The fourth-order valence-electron chi connectivity index (χ4n) is 5.23. The molecule has 0 radical (unpaired) electrons. The fourth-order valence-corrected chi connectivity index (χ4v) is 6.38. The summed E-state index contributed by atoms with van der Waals surface area (Å²) in [4.78, 5) is 0. The molecule has 0 saturated heterocycles. The molecule has 8 nitrogen and oxygen atoms in total. The van der Waals surface area contributed by atoms with Crippen LogP contribution >= 0.6 is 0 Å². The van der Waals surface area contributed by atoms with E-state index in [1.165, 1.54) is 25.7 Å². The third-order valence-electron chi connectivity index (χ3n) is 6.62. The van der Waals surface area contributed by atoms with E-state index in [1.54, 1.807) is 18.0 Å².